The first-order chi connectivity index (χ1) is 11.7. The monoisotopic (exact) mass is 352 g/mol. The van der Waals surface area contributed by atoms with Crippen LogP contribution in [0.15, 0.2) is 0 Å². The summed E-state index contributed by atoms with van der Waals surface area (Å²) in [7, 11) is 1.39. The molecule has 1 aliphatic heterocycles. The van der Waals surface area contributed by atoms with E-state index < -0.39 is 0 Å². The van der Waals surface area contributed by atoms with Gasteiger partial charge >= 0.3 is 5.97 Å². The van der Waals surface area contributed by atoms with Gasteiger partial charge in [0.1, 0.15) is 5.00 Å². The van der Waals surface area contributed by atoms with Gasteiger partial charge in [-0.15, -0.1) is 11.3 Å². The van der Waals surface area contributed by atoms with Crippen LogP contribution in [-0.4, -0.2) is 56.7 Å². The number of carbonyl (C=O) groups excluding carboxylic acids is 2. The summed E-state index contributed by atoms with van der Waals surface area (Å²) in [5, 5.41) is 3.60. The molecule has 0 bridgehead atoms. The second kappa shape index (κ2) is 8.09. The number of nitrogens with one attached hydrogen (secondary N) is 1. The fourth-order valence-electron chi connectivity index (χ4n) is 3.25. The second-order valence-electron chi connectivity index (χ2n) is 6.16. The van der Waals surface area contributed by atoms with Gasteiger partial charge in [0.05, 0.1) is 25.9 Å². The lowest BCUT2D eigenvalue weighted by Crippen LogP contribution is -2.38. The van der Waals surface area contributed by atoms with Crippen LogP contribution in [-0.2, 0) is 27.1 Å². The van der Waals surface area contributed by atoms with E-state index in [4.69, 9.17) is 9.47 Å². The normalized spacial score (nSPS) is 18.0. The molecule has 3 rings (SSSR count). The van der Waals surface area contributed by atoms with Gasteiger partial charge in [0, 0.05) is 30.9 Å². The maximum atomic E-state index is 12.3. The van der Waals surface area contributed by atoms with Crippen LogP contribution in [0.5, 0.6) is 0 Å². The number of hydrogen-bond acceptors (Lipinski definition) is 6. The second-order valence-corrected chi connectivity index (χ2v) is 7.26. The first kappa shape index (κ1) is 17.4. The predicted octanol–water partition coefficient (Wildman–Crippen LogP) is 2.07. The van der Waals surface area contributed by atoms with Gasteiger partial charge in [0.25, 0.3) is 0 Å². The number of amides is 1. The fourth-order valence-corrected chi connectivity index (χ4v) is 4.54. The minimum atomic E-state index is -0.349. The van der Waals surface area contributed by atoms with Gasteiger partial charge in [-0.05, 0) is 31.2 Å². The van der Waals surface area contributed by atoms with Crippen LogP contribution >= 0.6 is 11.3 Å². The van der Waals surface area contributed by atoms with Crippen LogP contribution < -0.4 is 5.32 Å². The Labute approximate surface area is 146 Å². The summed E-state index contributed by atoms with van der Waals surface area (Å²) >= 11 is 1.53. The summed E-state index contributed by atoms with van der Waals surface area (Å²) in [6.07, 6.45) is 4.51. The van der Waals surface area contributed by atoms with Gasteiger partial charge in [-0.25, -0.2) is 4.79 Å². The quantitative estimate of drug-likeness (QED) is 0.822. The molecule has 1 aliphatic carbocycles. The van der Waals surface area contributed by atoms with Crippen molar-refractivity contribution in [3.05, 3.63) is 16.0 Å². The lowest BCUT2D eigenvalue weighted by molar-refractivity contribution is -0.116. The highest BCUT2D eigenvalue weighted by Gasteiger charge is 2.27. The molecule has 1 amide bonds. The molecule has 1 aromatic heterocycles. The molecular weight excluding hydrogens is 328 g/mol. The maximum absolute atomic E-state index is 12.3. The summed E-state index contributed by atoms with van der Waals surface area (Å²) in [5.41, 5.74) is 1.64. The van der Waals surface area contributed by atoms with Crippen molar-refractivity contribution in [2.45, 2.75) is 32.1 Å². The third kappa shape index (κ3) is 3.96. The van der Waals surface area contributed by atoms with Crippen molar-refractivity contribution in [3.8, 4) is 0 Å². The average molecular weight is 352 g/mol. The van der Waals surface area contributed by atoms with E-state index in [9.17, 15) is 9.59 Å². The van der Waals surface area contributed by atoms with E-state index in [1.54, 1.807) is 0 Å². The molecule has 0 unspecified atom stereocenters. The molecule has 0 spiro atoms. The lowest BCUT2D eigenvalue weighted by atomic mass is 9.95. The number of carbonyl (C=O) groups is 2. The zero-order chi connectivity index (χ0) is 16.9. The topological polar surface area (TPSA) is 67.9 Å². The molecule has 1 aromatic rings. The van der Waals surface area contributed by atoms with E-state index >= 15 is 0 Å². The Morgan fingerprint density at radius 3 is 2.75 bits per heavy atom. The van der Waals surface area contributed by atoms with Gasteiger partial charge in [0.15, 0.2) is 0 Å². The summed E-state index contributed by atoms with van der Waals surface area (Å²) in [4.78, 5) is 27.9. The van der Waals surface area contributed by atoms with Crippen LogP contribution in [0.2, 0.25) is 0 Å². The first-order valence-electron chi connectivity index (χ1n) is 8.52. The number of hydrogen-bond donors (Lipinski definition) is 1. The molecular formula is C17H24N2O4S. The van der Waals surface area contributed by atoms with Gasteiger partial charge in [-0.2, -0.15) is 0 Å². The smallest absolute Gasteiger partial charge is 0.341 e. The minimum absolute atomic E-state index is 0.0507. The number of ether oxygens (including phenoxy) is 2. The number of morpholine rings is 1. The van der Waals surface area contributed by atoms with Gasteiger partial charge in [-0.1, -0.05) is 0 Å². The van der Waals surface area contributed by atoms with E-state index in [-0.39, 0.29) is 11.9 Å². The van der Waals surface area contributed by atoms with E-state index in [1.807, 2.05) is 0 Å². The van der Waals surface area contributed by atoms with Crippen molar-refractivity contribution in [1.29, 1.82) is 0 Å². The molecule has 24 heavy (non-hydrogen) atoms. The zero-order valence-corrected chi connectivity index (χ0v) is 14.9. The Kier molecular flexibility index (Phi) is 5.86. The average Bonchev–Trinajstić information content (AvgIpc) is 2.98. The Balaban J connectivity index is 1.66. The molecule has 6 nitrogen and oxygen atoms in total. The highest BCUT2D eigenvalue weighted by atomic mass is 32.1. The fraction of sp³-hybridized carbons (Fsp3) is 0.647. The Morgan fingerprint density at radius 1 is 1.25 bits per heavy atom. The van der Waals surface area contributed by atoms with Gasteiger partial charge in [-0.3, -0.25) is 9.69 Å². The van der Waals surface area contributed by atoms with Crippen LogP contribution in [0.25, 0.3) is 0 Å². The predicted molar refractivity (Wildman–Crippen MR) is 92.8 cm³/mol. The largest absolute Gasteiger partial charge is 0.465 e. The third-order valence-electron chi connectivity index (χ3n) is 4.57. The Morgan fingerprint density at radius 2 is 2.00 bits per heavy atom. The number of rotatable bonds is 5. The summed E-state index contributed by atoms with van der Waals surface area (Å²) in [6, 6.07) is 0. The van der Waals surface area contributed by atoms with Crippen LogP contribution in [0.1, 0.15) is 40.1 Å². The number of anilines is 1. The zero-order valence-electron chi connectivity index (χ0n) is 14.1. The van der Waals surface area contributed by atoms with E-state index in [2.05, 4.69) is 10.2 Å². The molecule has 7 heteroatoms. The van der Waals surface area contributed by atoms with Crippen LogP contribution in [0.3, 0.4) is 0 Å². The number of aryl methyl sites for hydroxylation is 1. The molecule has 1 N–H and O–H groups in total. The highest BCUT2D eigenvalue weighted by Crippen LogP contribution is 2.38. The van der Waals surface area contributed by atoms with Gasteiger partial charge < -0.3 is 14.8 Å². The van der Waals surface area contributed by atoms with E-state index in [0.717, 1.165) is 57.6 Å². The number of esters is 1. The molecule has 2 aliphatic rings. The number of methoxy groups -OCH3 is 1. The van der Waals surface area contributed by atoms with Crippen molar-refractivity contribution in [3.63, 3.8) is 0 Å². The van der Waals surface area contributed by atoms with Crippen LogP contribution in [0, 0.1) is 0 Å². The van der Waals surface area contributed by atoms with Crippen molar-refractivity contribution in [1.82, 2.24) is 4.90 Å². The SMILES string of the molecule is COC(=O)c1c(NC(=O)CCN2CCOCC2)sc2c1CCCC2. The van der Waals surface area contributed by atoms with Gasteiger partial charge in [0.2, 0.25) is 5.91 Å². The molecule has 2 heterocycles. The number of thiophene rings is 1. The molecule has 0 atom stereocenters. The Hall–Kier alpha value is -1.44. The van der Waals surface area contributed by atoms with Crippen molar-refractivity contribution in [2.24, 2.45) is 0 Å². The first-order valence-corrected chi connectivity index (χ1v) is 9.33. The van der Waals surface area contributed by atoms with Crippen LogP contribution in [0.4, 0.5) is 5.00 Å². The molecule has 0 saturated carbocycles. The molecule has 132 valence electrons. The molecule has 1 fully saturated rings. The maximum Gasteiger partial charge on any atom is 0.341 e. The van der Waals surface area contributed by atoms with E-state index in [0.29, 0.717) is 23.5 Å². The summed E-state index contributed by atoms with van der Waals surface area (Å²) in [5.74, 6) is -0.400. The lowest BCUT2D eigenvalue weighted by Gasteiger charge is -2.26. The minimum Gasteiger partial charge on any atom is -0.465 e. The Bertz CT molecular complexity index is 608. The molecule has 0 aromatic carbocycles. The highest BCUT2D eigenvalue weighted by molar-refractivity contribution is 7.17. The molecule has 1 saturated heterocycles. The third-order valence-corrected chi connectivity index (χ3v) is 5.78. The molecule has 0 radical (unpaired) electrons. The van der Waals surface area contributed by atoms with E-state index in [1.165, 1.54) is 23.3 Å². The summed E-state index contributed by atoms with van der Waals surface area (Å²) < 4.78 is 10.2. The number of nitrogens with zero attached hydrogens (tertiary/aromatic N) is 1. The number of fused-ring (bicyclic) bond motifs is 1. The standard InChI is InChI=1S/C17H24N2O4S/c1-22-17(21)15-12-4-2-3-5-13(12)24-16(15)18-14(20)6-7-19-8-10-23-11-9-19/h2-11H2,1H3,(H,18,20). The van der Waals surface area contributed by atoms with Crippen molar-refractivity contribution >= 4 is 28.2 Å². The van der Waals surface area contributed by atoms with Crippen molar-refractivity contribution < 1.29 is 19.1 Å². The summed E-state index contributed by atoms with van der Waals surface area (Å²) in [6.45, 7) is 3.91. The van der Waals surface area contributed by atoms with Crippen molar-refractivity contribution in [2.75, 3.05) is 45.3 Å².